The fourth-order valence-electron chi connectivity index (χ4n) is 9.54. The maximum atomic E-state index is 14.4. The third-order valence-electron chi connectivity index (χ3n) is 14.9. The number of aromatic nitrogens is 1. The van der Waals surface area contributed by atoms with Crippen LogP contribution in [0, 0.1) is 17.8 Å². The van der Waals surface area contributed by atoms with Crippen molar-refractivity contribution in [1.29, 1.82) is 0 Å². The first-order valence-corrected chi connectivity index (χ1v) is 29.4. The fraction of sp³-hybridized carbons (Fsp3) is 0.667. The van der Waals surface area contributed by atoms with Gasteiger partial charge in [-0.25, -0.2) is 4.98 Å². The van der Waals surface area contributed by atoms with Crippen LogP contribution in [-0.4, -0.2) is 152 Å². The molecular weight excluding hydrogens is 1020 g/mol. The van der Waals surface area contributed by atoms with Crippen LogP contribution in [0.2, 0.25) is 0 Å². The molecule has 1 aromatic heterocycles. The van der Waals surface area contributed by atoms with Gasteiger partial charge < -0.3 is 25.6 Å². The number of carbonyl (C=O) groups excluding carboxylic acids is 9. The molecular formula is C54H80N8O10S3. The van der Waals surface area contributed by atoms with Crippen molar-refractivity contribution >= 4 is 99.3 Å². The molecule has 75 heavy (non-hydrogen) atoms. The van der Waals surface area contributed by atoms with Gasteiger partial charge in [0, 0.05) is 94.2 Å². The Labute approximate surface area is 455 Å². The molecule has 2 fully saturated rings. The lowest BCUT2D eigenvalue weighted by Gasteiger charge is -2.38. The largest absolute Gasteiger partial charge is 0.455 e. The number of hydrogen-bond donors (Lipinski definition) is 3. The minimum Gasteiger partial charge on any atom is -0.455 e. The highest BCUT2D eigenvalue weighted by Crippen LogP contribution is 2.35. The maximum absolute atomic E-state index is 14.4. The first kappa shape index (κ1) is 61.0. The summed E-state index contributed by atoms with van der Waals surface area (Å²) in [5.74, 6) is -3.11. The van der Waals surface area contributed by atoms with Gasteiger partial charge in [-0.2, -0.15) is 0 Å². The lowest BCUT2D eigenvalue weighted by molar-refractivity contribution is -0.150. The summed E-state index contributed by atoms with van der Waals surface area (Å²) in [6, 6.07) is 4.91. The van der Waals surface area contributed by atoms with Crippen molar-refractivity contribution in [2.75, 3.05) is 56.5 Å². The second kappa shape index (κ2) is 28.0. The smallest absolute Gasteiger partial charge is 0.303 e. The second-order valence-electron chi connectivity index (χ2n) is 21.2. The fourth-order valence-corrected chi connectivity index (χ4v) is 13.1. The number of anilines is 2. The van der Waals surface area contributed by atoms with Crippen molar-refractivity contribution in [1.82, 2.24) is 29.9 Å². The monoisotopic (exact) mass is 1100 g/mol. The van der Waals surface area contributed by atoms with Crippen LogP contribution in [0.5, 0.6) is 0 Å². The number of hydrogen-bond acceptors (Lipinski definition) is 16. The number of nitrogens with one attached hydrogen (secondary N) is 3. The van der Waals surface area contributed by atoms with E-state index in [1.807, 2.05) is 79.6 Å². The molecule has 0 spiro atoms. The summed E-state index contributed by atoms with van der Waals surface area (Å²) in [4.78, 5) is 131. The highest BCUT2D eigenvalue weighted by Gasteiger charge is 2.42. The van der Waals surface area contributed by atoms with Gasteiger partial charge in [-0.05, 0) is 89.6 Å². The third kappa shape index (κ3) is 16.3. The van der Waals surface area contributed by atoms with E-state index in [1.54, 1.807) is 23.4 Å². The van der Waals surface area contributed by atoms with E-state index in [9.17, 15) is 43.2 Å². The van der Waals surface area contributed by atoms with E-state index in [4.69, 9.17) is 9.72 Å². The van der Waals surface area contributed by atoms with Crippen LogP contribution in [0.25, 0.3) is 0 Å². The summed E-state index contributed by atoms with van der Waals surface area (Å²) in [5.41, 5.74) is 1.46. The quantitative estimate of drug-likeness (QED) is 0.0925. The molecule has 1 aromatic carbocycles. The van der Waals surface area contributed by atoms with Gasteiger partial charge in [0.25, 0.3) is 5.91 Å². The normalized spacial score (nSPS) is 20.4. The number of ketones is 1. The van der Waals surface area contributed by atoms with E-state index in [-0.39, 0.29) is 116 Å². The predicted octanol–water partition coefficient (Wildman–Crippen LogP) is 7.33. The van der Waals surface area contributed by atoms with E-state index in [2.05, 4.69) is 16.0 Å². The van der Waals surface area contributed by atoms with E-state index >= 15 is 0 Å². The lowest BCUT2D eigenvalue weighted by atomic mass is 9.81. The first-order chi connectivity index (χ1) is 35.5. The number of likely N-dealkylation sites (N-methyl/N-ethyl adjacent to an activating group) is 1. The number of Topliss-reactive ketones (excluding diaryl/α,β-unsaturated/α-hetero) is 1. The van der Waals surface area contributed by atoms with Gasteiger partial charge in [0.05, 0.1) is 27.4 Å². The van der Waals surface area contributed by atoms with Crippen LogP contribution in [0.4, 0.5) is 11.4 Å². The molecule has 7 amide bonds. The predicted molar refractivity (Wildman–Crippen MR) is 295 cm³/mol. The highest BCUT2D eigenvalue weighted by atomic mass is 32.2. The van der Waals surface area contributed by atoms with E-state index in [0.717, 1.165) is 12.0 Å². The number of nitrogens with zero attached hydrogens (tertiary/aromatic N) is 5. The Bertz CT molecular complexity index is 2390. The van der Waals surface area contributed by atoms with Crippen LogP contribution in [-0.2, 0) is 49.5 Å². The number of carbonyl (C=O) groups is 9. The number of thiazole rings is 1. The van der Waals surface area contributed by atoms with E-state index in [0.29, 0.717) is 60.1 Å². The van der Waals surface area contributed by atoms with Crippen molar-refractivity contribution in [3.63, 3.8) is 0 Å². The number of fused-ring (bicyclic) bond motifs is 5. The number of benzene rings is 1. The number of esters is 1. The molecule has 2 unspecified atom stereocenters. The van der Waals surface area contributed by atoms with Crippen LogP contribution in [0.3, 0.4) is 0 Å². The zero-order valence-corrected chi connectivity index (χ0v) is 48.2. The van der Waals surface area contributed by atoms with Gasteiger partial charge in [0.15, 0.2) is 11.9 Å². The Morgan fingerprint density at radius 2 is 1.55 bits per heavy atom. The molecule has 4 bridgehead atoms. The summed E-state index contributed by atoms with van der Waals surface area (Å²) >= 11 is 3.84. The molecule has 2 aromatic rings. The van der Waals surface area contributed by atoms with Crippen LogP contribution >= 0.6 is 34.9 Å². The molecule has 414 valence electrons. The molecule has 4 heterocycles. The molecule has 5 rings (SSSR count). The minimum atomic E-state index is -0.855. The maximum Gasteiger partial charge on any atom is 0.303 e. The number of ether oxygens (including phenoxy) is 1. The summed E-state index contributed by atoms with van der Waals surface area (Å²) in [6.07, 6.45) is 3.73. The van der Waals surface area contributed by atoms with Gasteiger partial charge in [0.2, 0.25) is 35.4 Å². The molecule has 18 nitrogen and oxygen atoms in total. The zero-order chi connectivity index (χ0) is 55.3. The Balaban J connectivity index is 1.30. The molecule has 0 radical (unpaired) electrons. The first-order valence-electron chi connectivity index (χ1n) is 26.5. The average molecular weight is 1100 g/mol. The molecule has 21 heteroatoms. The summed E-state index contributed by atoms with van der Waals surface area (Å²) in [7, 11) is 5.44. The molecule has 0 aliphatic carbocycles. The van der Waals surface area contributed by atoms with Gasteiger partial charge >= 0.3 is 5.97 Å². The number of rotatable bonds is 19. The SMILES string of the molecule is CCC[C@H](Cc1ccc2c(c1)NCCCCN1C(=O)CC(SCSC3CC(=O)N(CCCC(=O)N2)C3=O)C1=O)NC(=O)c1csc([C@@H](C[C@H](C(C)C)N(C)C(=O)[C@@H](CC(=O)C(C)(C)N(C)C)[C@@H](C)CC)OC(C)=O)n1. The second-order valence-corrected chi connectivity index (χ2v) is 24.8. The van der Waals surface area contributed by atoms with Crippen molar-refractivity contribution in [3.05, 3.63) is 39.8 Å². The van der Waals surface area contributed by atoms with Gasteiger partial charge in [-0.1, -0.05) is 53.5 Å². The van der Waals surface area contributed by atoms with Crippen LogP contribution in [0.15, 0.2) is 23.6 Å². The molecule has 2 saturated heterocycles. The average Bonchev–Trinajstić information content (AvgIpc) is 4.03. The summed E-state index contributed by atoms with van der Waals surface area (Å²) in [5, 5.41) is 11.0. The highest BCUT2D eigenvalue weighted by molar-refractivity contribution is 8.17. The molecule has 3 N–H and O–H groups in total. The van der Waals surface area contributed by atoms with Crippen molar-refractivity contribution in [3.8, 4) is 0 Å². The van der Waals surface area contributed by atoms with Gasteiger partial charge in [-0.15, -0.1) is 34.9 Å². The van der Waals surface area contributed by atoms with E-state index < -0.39 is 46.0 Å². The van der Waals surface area contributed by atoms with Crippen molar-refractivity contribution in [2.45, 2.75) is 167 Å². The number of imide groups is 2. The standard InChI is InChI=1S/C54H80N8O10S3/c1-12-17-36(56-49(68)40-30-73-50(58-40)42(72-34(6)63)27-41(32(3)4)60(11)51(69)37(33(5)13-2)26-45(64)54(7,8)59(9)10)24-35-19-20-38-39(25-35)55-21-14-15-22-61-47(66)28-43(52(61)70)74-31-75-44-29-48(67)62(53(44)71)23-16-18-46(65)57-38/h19-20,25,30,32-33,36-37,41-44,55H,12-18,21-24,26-29,31H2,1-11H3,(H,56,68)(H,57,65)/t33-,36+,37-,41+,42+,43?,44?/m0/s1. The summed E-state index contributed by atoms with van der Waals surface area (Å²) in [6.45, 7) is 15.9. The number of thioether (sulfide) groups is 2. The summed E-state index contributed by atoms with van der Waals surface area (Å²) < 4.78 is 5.87. The lowest BCUT2D eigenvalue weighted by Crippen LogP contribution is -2.50. The zero-order valence-electron chi connectivity index (χ0n) is 45.8. The van der Waals surface area contributed by atoms with Crippen molar-refractivity contribution in [2.24, 2.45) is 17.8 Å². The molecule has 3 aliphatic rings. The Morgan fingerprint density at radius 3 is 2.13 bits per heavy atom. The van der Waals surface area contributed by atoms with E-state index in [1.165, 1.54) is 51.6 Å². The van der Waals surface area contributed by atoms with Crippen LogP contribution in [0.1, 0.15) is 153 Å². The van der Waals surface area contributed by atoms with Crippen molar-refractivity contribution < 1.29 is 47.9 Å². The van der Waals surface area contributed by atoms with Gasteiger partial charge in [-0.3, -0.25) is 57.9 Å². The number of amides is 7. The Hall–Kier alpha value is -4.86. The molecule has 0 saturated carbocycles. The molecule has 7 atom stereocenters. The topological polar surface area (TPSA) is 225 Å². The molecule has 3 aliphatic heterocycles. The Kier molecular flexibility index (Phi) is 22.7. The van der Waals surface area contributed by atoms with Crippen LogP contribution < -0.4 is 16.0 Å². The minimum absolute atomic E-state index is 0.0210. The Morgan fingerprint density at radius 1 is 0.907 bits per heavy atom. The third-order valence-corrected chi connectivity index (χ3v) is 18.5. The van der Waals surface area contributed by atoms with Gasteiger partial charge in [0.1, 0.15) is 10.7 Å².